The van der Waals surface area contributed by atoms with Crippen molar-refractivity contribution in [3.05, 3.63) is 38.9 Å². The third-order valence-electron chi connectivity index (χ3n) is 4.22. The highest BCUT2D eigenvalue weighted by molar-refractivity contribution is 6.31. The van der Waals surface area contributed by atoms with Crippen LogP contribution >= 0.6 is 11.6 Å². The standard InChI is InChI=1S/C16H19ClN2O5/c1-18(12-5-3-2-4-6-12)15(20)10-24-16(21)13-9-11(17)7-8-14(13)19(22)23/h7-9,12H,2-6,10H2,1H3. The third kappa shape index (κ3) is 4.44. The lowest BCUT2D eigenvalue weighted by Crippen LogP contribution is -2.40. The molecule has 1 aromatic carbocycles. The van der Waals surface area contributed by atoms with Gasteiger partial charge in [0.15, 0.2) is 6.61 Å². The zero-order chi connectivity index (χ0) is 17.7. The maximum absolute atomic E-state index is 12.2. The Morgan fingerprint density at radius 3 is 2.62 bits per heavy atom. The van der Waals surface area contributed by atoms with Gasteiger partial charge in [-0.05, 0) is 25.0 Å². The lowest BCUT2D eigenvalue weighted by atomic mass is 9.94. The van der Waals surface area contributed by atoms with Gasteiger partial charge >= 0.3 is 5.97 Å². The molecule has 1 fully saturated rings. The molecule has 1 aliphatic carbocycles. The van der Waals surface area contributed by atoms with Gasteiger partial charge in [0.25, 0.3) is 11.6 Å². The number of rotatable bonds is 5. The van der Waals surface area contributed by atoms with Crippen molar-refractivity contribution in [2.24, 2.45) is 0 Å². The summed E-state index contributed by atoms with van der Waals surface area (Å²) in [6, 6.07) is 3.77. The number of nitro groups is 1. The number of hydrogen-bond acceptors (Lipinski definition) is 5. The van der Waals surface area contributed by atoms with Crippen LogP contribution in [-0.4, -0.2) is 41.4 Å². The van der Waals surface area contributed by atoms with E-state index in [0.717, 1.165) is 37.8 Å². The summed E-state index contributed by atoms with van der Waals surface area (Å²) in [7, 11) is 1.69. The van der Waals surface area contributed by atoms with Crippen LogP contribution in [-0.2, 0) is 9.53 Å². The van der Waals surface area contributed by atoms with Crippen LogP contribution in [0.3, 0.4) is 0 Å². The number of amides is 1. The van der Waals surface area contributed by atoms with E-state index < -0.39 is 23.2 Å². The second-order valence-electron chi connectivity index (χ2n) is 5.79. The molecule has 8 heteroatoms. The molecule has 1 aromatic rings. The molecule has 0 heterocycles. The van der Waals surface area contributed by atoms with Crippen LogP contribution in [0.1, 0.15) is 42.5 Å². The van der Waals surface area contributed by atoms with Crippen molar-refractivity contribution < 1.29 is 19.2 Å². The van der Waals surface area contributed by atoms with E-state index in [2.05, 4.69) is 0 Å². The van der Waals surface area contributed by atoms with Gasteiger partial charge in [-0.1, -0.05) is 30.9 Å². The molecular weight excluding hydrogens is 336 g/mol. The topological polar surface area (TPSA) is 89.8 Å². The molecule has 24 heavy (non-hydrogen) atoms. The predicted molar refractivity (Wildman–Crippen MR) is 88.0 cm³/mol. The van der Waals surface area contributed by atoms with E-state index >= 15 is 0 Å². The summed E-state index contributed by atoms with van der Waals surface area (Å²) in [6.45, 7) is -0.449. The van der Waals surface area contributed by atoms with E-state index in [1.54, 1.807) is 11.9 Å². The van der Waals surface area contributed by atoms with Gasteiger partial charge in [-0.25, -0.2) is 4.79 Å². The molecule has 0 saturated heterocycles. The van der Waals surface area contributed by atoms with Crippen molar-refractivity contribution in [3.8, 4) is 0 Å². The number of esters is 1. The van der Waals surface area contributed by atoms with Crippen LogP contribution in [0.25, 0.3) is 0 Å². The highest BCUT2D eigenvalue weighted by atomic mass is 35.5. The molecule has 7 nitrogen and oxygen atoms in total. The molecule has 0 atom stereocenters. The molecule has 1 aliphatic rings. The highest BCUT2D eigenvalue weighted by Gasteiger charge is 2.25. The summed E-state index contributed by atoms with van der Waals surface area (Å²) in [5.41, 5.74) is -0.668. The predicted octanol–water partition coefficient (Wildman–Crippen LogP) is 3.20. The van der Waals surface area contributed by atoms with E-state index in [1.807, 2.05) is 0 Å². The monoisotopic (exact) mass is 354 g/mol. The summed E-state index contributed by atoms with van der Waals surface area (Å²) >= 11 is 5.77. The van der Waals surface area contributed by atoms with E-state index in [9.17, 15) is 19.7 Å². The fraction of sp³-hybridized carbons (Fsp3) is 0.500. The van der Waals surface area contributed by atoms with Crippen LogP contribution in [0.5, 0.6) is 0 Å². The zero-order valence-electron chi connectivity index (χ0n) is 13.4. The molecule has 0 radical (unpaired) electrons. The molecule has 0 spiro atoms. The third-order valence-corrected chi connectivity index (χ3v) is 4.45. The largest absolute Gasteiger partial charge is 0.452 e. The number of ether oxygens (including phenoxy) is 1. The Labute approximate surface area is 144 Å². The lowest BCUT2D eigenvalue weighted by molar-refractivity contribution is -0.385. The van der Waals surface area contributed by atoms with Crippen molar-refractivity contribution in [1.29, 1.82) is 0 Å². The molecule has 130 valence electrons. The van der Waals surface area contributed by atoms with Crippen LogP contribution in [0.2, 0.25) is 5.02 Å². The first kappa shape index (κ1) is 18.2. The molecule has 0 bridgehead atoms. The molecule has 2 rings (SSSR count). The maximum atomic E-state index is 12.2. The first-order valence-corrected chi connectivity index (χ1v) is 8.14. The number of carbonyl (C=O) groups is 2. The summed E-state index contributed by atoms with van der Waals surface area (Å²) < 4.78 is 4.95. The molecule has 0 aromatic heterocycles. The average Bonchev–Trinajstić information content (AvgIpc) is 2.59. The minimum atomic E-state index is -0.936. The van der Waals surface area contributed by atoms with Gasteiger partial charge < -0.3 is 9.64 Å². The van der Waals surface area contributed by atoms with Crippen molar-refractivity contribution >= 4 is 29.2 Å². The van der Waals surface area contributed by atoms with Gasteiger partial charge in [-0.3, -0.25) is 14.9 Å². The second-order valence-corrected chi connectivity index (χ2v) is 6.23. The van der Waals surface area contributed by atoms with Crippen LogP contribution in [0, 0.1) is 10.1 Å². The molecular formula is C16H19ClN2O5. The van der Waals surface area contributed by atoms with E-state index in [0.29, 0.717) is 0 Å². The summed E-state index contributed by atoms with van der Waals surface area (Å²) in [5.74, 6) is -1.26. The Balaban J connectivity index is 1.98. The van der Waals surface area contributed by atoms with E-state index in [-0.39, 0.29) is 22.5 Å². The molecule has 0 aliphatic heterocycles. The smallest absolute Gasteiger partial charge is 0.345 e. The Morgan fingerprint density at radius 1 is 1.33 bits per heavy atom. The Morgan fingerprint density at radius 2 is 2.00 bits per heavy atom. The van der Waals surface area contributed by atoms with Gasteiger partial charge in [0.05, 0.1) is 4.92 Å². The fourth-order valence-corrected chi connectivity index (χ4v) is 2.98. The summed E-state index contributed by atoms with van der Waals surface area (Å²) in [5, 5.41) is 11.1. The number of halogens is 1. The number of likely N-dealkylation sites (N-methyl/N-ethyl adjacent to an activating group) is 1. The summed E-state index contributed by atoms with van der Waals surface area (Å²) in [4.78, 5) is 36.1. The molecule has 1 amide bonds. The van der Waals surface area contributed by atoms with E-state index in [4.69, 9.17) is 16.3 Å². The van der Waals surface area contributed by atoms with Crippen molar-refractivity contribution in [1.82, 2.24) is 4.90 Å². The van der Waals surface area contributed by atoms with Gasteiger partial charge in [-0.2, -0.15) is 0 Å². The Bertz CT molecular complexity index is 643. The number of hydrogen-bond donors (Lipinski definition) is 0. The Kier molecular flexibility index (Phi) is 6.14. The van der Waals surface area contributed by atoms with Crippen LogP contribution in [0.4, 0.5) is 5.69 Å². The second kappa shape index (κ2) is 8.10. The zero-order valence-corrected chi connectivity index (χ0v) is 14.1. The van der Waals surface area contributed by atoms with Crippen molar-refractivity contribution in [2.45, 2.75) is 38.1 Å². The minimum absolute atomic E-state index is 0.158. The first-order chi connectivity index (χ1) is 11.4. The van der Waals surface area contributed by atoms with Gasteiger partial charge in [0.2, 0.25) is 0 Å². The van der Waals surface area contributed by atoms with E-state index in [1.165, 1.54) is 12.5 Å². The Hall–Kier alpha value is -2.15. The maximum Gasteiger partial charge on any atom is 0.345 e. The average molecular weight is 355 g/mol. The van der Waals surface area contributed by atoms with Gasteiger partial charge in [-0.15, -0.1) is 0 Å². The number of nitro benzene ring substituents is 1. The first-order valence-electron chi connectivity index (χ1n) is 7.77. The molecule has 1 saturated carbocycles. The number of nitrogens with zero attached hydrogens (tertiary/aromatic N) is 2. The SMILES string of the molecule is CN(C(=O)COC(=O)c1cc(Cl)ccc1[N+](=O)[O-])C1CCCCC1. The minimum Gasteiger partial charge on any atom is -0.452 e. The fourth-order valence-electron chi connectivity index (χ4n) is 2.81. The summed E-state index contributed by atoms with van der Waals surface area (Å²) in [6.07, 6.45) is 5.21. The lowest BCUT2D eigenvalue weighted by Gasteiger charge is -2.31. The molecule has 0 N–H and O–H groups in total. The quantitative estimate of drug-likeness (QED) is 0.460. The van der Waals surface area contributed by atoms with Crippen molar-refractivity contribution in [2.75, 3.05) is 13.7 Å². The van der Waals surface area contributed by atoms with Crippen LogP contribution in [0.15, 0.2) is 18.2 Å². The highest BCUT2D eigenvalue weighted by Crippen LogP contribution is 2.24. The number of benzene rings is 1. The van der Waals surface area contributed by atoms with Crippen LogP contribution < -0.4 is 0 Å². The normalized spacial score (nSPS) is 14.9. The number of carbonyl (C=O) groups excluding carboxylic acids is 2. The van der Waals surface area contributed by atoms with Gasteiger partial charge in [0, 0.05) is 24.2 Å². The van der Waals surface area contributed by atoms with Gasteiger partial charge in [0.1, 0.15) is 5.56 Å². The van der Waals surface area contributed by atoms with Crippen molar-refractivity contribution in [3.63, 3.8) is 0 Å². The molecule has 0 unspecified atom stereocenters.